The van der Waals surface area contributed by atoms with Crippen LogP contribution in [0.1, 0.15) is 42.2 Å². The Bertz CT molecular complexity index is 628. The lowest BCUT2D eigenvalue weighted by Crippen LogP contribution is -2.28. The second-order valence-electron chi connectivity index (χ2n) is 4.92. The normalized spacial score (nSPS) is 11.8. The number of carbonyl (C=O) groups is 1. The SMILES string of the molecule is CCOc1ccc(C(=O)NC(CC)c2ccccc2)cc1Br. The maximum Gasteiger partial charge on any atom is 0.251 e. The summed E-state index contributed by atoms with van der Waals surface area (Å²) in [4.78, 5) is 12.4. The molecule has 2 aromatic rings. The van der Waals surface area contributed by atoms with Gasteiger partial charge in [-0.1, -0.05) is 37.3 Å². The van der Waals surface area contributed by atoms with Crippen molar-refractivity contribution in [1.82, 2.24) is 5.32 Å². The van der Waals surface area contributed by atoms with Crippen LogP contribution in [0.25, 0.3) is 0 Å². The van der Waals surface area contributed by atoms with E-state index in [0.29, 0.717) is 12.2 Å². The van der Waals surface area contributed by atoms with E-state index in [4.69, 9.17) is 4.74 Å². The monoisotopic (exact) mass is 361 g/mol. The molecule has 2 rings (SSSR count). The van der Waals surface area contributed by atoms with Crippen LogP contribution >= 0.6 is 15.9 Å². The van der Waals surface area contributed by atoms with Gasteiger partial charge in [-0.3, -0.25) is 4.79 Å². The van der Waals surface area contributed by atoms with Gasteiger partial charge >= 0.3 is 0 Å². The van der Waals surface area contributed by atoms with Crippen LogP contribution in [-0.4, -0.2) is 12.5 Å². The highest BCUT2D eigenvalue weighted by molar-refractivity contribution is 9.10. The Hall–Kier alpha value is -1.81. The molecule has 0 aromatic heterocycles. The minimum Gasteiger partial charge on any atom is -0.493 e. The van der Waals surface area contributed by atoms with Gasteiger partial charge in [0.15, 0.2) is 0 Å². The topological polar surface area (TPSA) is 38.3 Å². The molecule has 3 nitrogen and oxygen atoms in total. The van der Waals surface area contributed by atoms with Crippen molar-refractivity contribution in [2.75, 3.05) is 6.61 Å². The van der Waals surface area contributed by atoms with Crippen LogP contribution in [0, 0.1) is 0 Å². The summed E-state index contributed by atoms with van der Waals surface area (Å²) in [6, 6.07) is 15.4. The summed E-state index contributed by atoms with van der Waals surface area (Å²) < 4.78 is 6.25. The summed E-state index contributed by atoms with van der Waals surface area (Å²) in [7, 11) is 0. The molecule has 0 spiro atoms. The first-order chi connectivity index (χ1) is 10.7. The van der Waals surface area contributed by atoms with Crippen molar-refractivity contribution in [3.05, 3.63) is 64.1 Å². The average Bonchev–Trinajstić information content (AvgIpc) is 2.55. The summed E-state index contributed by atoms with van der Waals surface area (Å²) in [6.07, 6.45) is 0.841. The number of rotatable bonds is 6. The molecule has 1 N–H and O–H groups in total. The molecular weight excluding hydrogens is 342 g/mol. The van der Waals surface area contributed by atoms with Gasteiger partial charge in [0.2, 0.25) is 0 Å². The highest BCUT2D eigenvalue weighted by Gasteiger charge is 2.15. The molecule has 1 amide bonds. The lowest BCUT2D eigenvalue weighted by molar-refractivity contribution is 0.0935. The van der Waals surface area contributed by atoms with Gasteiger partial charge in [0.05, 0.1) is 17.1 Å². The molecule has 4 heteroatoms. The maximum atomic E-state index is 12.4. The van der Waals surface area contributed by atoms with Crippen LogP contribution in [0.5, 0.6) is 5.75 Å². The van der Waals surface area contributed by atoms with Gasteiger partial charge in [0.25, 0.3) is 5.91 Å². The van der Waals surface area contributed by atoms with Gasteiger partial charge in [0, 0.05) is 5.56 Å². The number of ether oxygens (including phenoxy) is 1. The number of amides is 1. The van der Waals surface area contributed by atoms with Crippen LogP contribution in [0.3, 0.4) is 0 Å². The summed E-state index contributed by atoms with van der Waals surface area (Å²) in [5.41, 5.74) is 1.73. The summed E-state index contributed by atoms with van der Waals surface area (Å²) >= 11 is 3.44. The molecule has 0 fully saturated rings. The smallest absolute Gasteiger partial charge is 0.251 e. The number of benzene rings is 2. The van der Waals surface area contributed by atoms with Crippen molar-refractivity contribution < 1.29 is 9.53 Å². The van der Waals surface area contributed by atoms with Gasteiger partial charge in [-0.2, -0.15) is 0 Å². The van der Waals surface area contributed by atoms with Crippen LogP contribution in [-0.2, 0) is 0 Å². The fourth-order valence-corrected chi connectivity index (χ4v) is 2.76. The first kappa shape index (κ1) is 16.6. The third kappa shape index (κ3) is 4.10. The Morgan fingerprint density at radius 1 is 1.18 bits per heavy atom. The Morgan fingerprint density at radius 2 is 1.91 bits per heavy atom. The Morgan fingerprint density at radius 3 is 2.50 bits per heavy atom. The molecule has 0 heterocycles. The van der Waals surface area contributed by atoms with Crippen molar-refractivity contribution in [3.8, 4) is 5.75 Å². The third-order valence-electron chi connectivity index (χ3n) is 3.41. The van der Waals surface area contributed by atoms with Crippen molar-refractivity contribution >= 4 is 21.8 Å². The Balaban J connectivity index is 2.12. The van der Waals surface area contributed by atoms with Gasteiger partial charge in [-0.15, -0.1) is 0 Å². The van der Waals surface area contributed by atoms with Gasteiger partial charge < -0.3 is 10.1 Å². The standard InChI is InChI=1S/C18H20BrNO2/c1-3-16(13-8-6-5-7-9-13)20-18(21)14-10-11-17(22-4-2)15(19)12-14/h5-12,16H,3-4H2,1-2H3,(H,20,21). The van der Waals surface area contributed by atoms with Gasteiger partial charge in [-0.05, 0) is 53.0 Å². The number of hydrogen-bond acceptors (Lipinski definition) is 2. The molecule has 0 saturated carbocycles. The molecule has 0 aliphatic carbocycles. The zero-order valence-corrected chi connectivity index (χ0v) is 14.4. The molecule has 22 heavy (non-hydrogen) atoms. The third-order valence-corrected chi connectivity index (χ3v) is 4.03. The minimum absolute atomic E-state index is 0.0130. The average molecular weight is 362 g/mol. The predicted octanol–water partition coefficient (Wildman–Crippen LogP) is 4.73. The molecular formula is C18H20BrNO2. The largest absolute Gasteiger partial charge is 0.493 e. The first-order valence-corrected chi connectivity index (χ1v) is 8.23. The fraction of sp³-hybridized carbons (Fsp3) is 0.278. The zero-order chi connectivity index (χ0) is 15.9. The van der Waals surface area contributed by atoms with E-state index >= 15 is 0 Å². The molecule has 0 aliphatic rings. The maximum absolute atomic E-state index is 12.4. The van der Waals surface area contributed by atoms with Gasteiger partial charge in [-0.25, -0.2) is 0 Å². The van der Waals surface area contributed by atoms with E-state index < -0.39 is 0 Å². The van der Waals surface area contributed by atoms with Crippen molar-refractivity contribution in [2.24, 2.45) is 0 Å². The van der Waals surface area contributed by atoms with Crippen molar-refractivity contribution in [2.45, 2.75) is 26.3 Å². The number of hydrogen-bond donors (Lipinski definition) is 1. The van der Waals surface area contributed by atoms with E-state index in [1.807, 2.05) is 43.3 Å². The number of carbonyl (C=O) groups excluding carboxylic acids is 1. The zero-order valence-electron chi connectivity index (χ0n) is 12.8. The minimum atomic E-state index is -0.0838. The van der Waals surface area contributed by atoms with Crippen molar-refractivity contribution in [1.29, 1.82) is 0 Å². The predicted molar refractivity (Wildman–Crippen MR) is 92.3 cm³/mol. The van der Waals surface area contributed by atoms with E-state index in [2.05, 4.69) is 28.2 Å². The molecule has 1 atom stereocenters. The van der Waals surface area contributed by atoms with E-state index in [9.17, 15) is 4.79 Å². The van der Waals surface area contributed by atoms with E-state index in [0.717, 1.165) is 22.2 Å². The second-order valence-corrected chi connectivity index (χ2v) is 5.78. The van der Waals surface area contributed by atoms with E-state index in [1.165, 1.54) is 0 Å². The highest BCUT2D eigenvalue weighted by Crippen LogP contribution is 2.26. The Labute approximate surface area is 139 Å². The summed E-state index contributed by atoms with van der Waals surface area (Å²) in [6.45, 7) is 4.58. The summed E-state index contributed by atoms with van der Waals surface area (Å²) in [5.74, 6) is 0.661. The Kier molecular flexibility index (Phi) is 6.01. The first-order valence-electron chi connectivity index (χ1n) is 7.43. The molecule has 1 unspecified atom stereocenters. The number of halogens is 1. The summed E-state index contributed by atoms with van der Waals surface area (Å²) in [5, 5.41) is 3.08. The molecule has 0 aliphatic heterocycles. The lowest BCUT2D eigenvalue weighted by atomic mass is 10.0. The van der Waals surface area contributed by atoms with Crippen LogP contribution in [0.2, 0.25) is 0 Å². The van der Waals surface area contributed by atoms with Gasteiger partial charge in [0.1, 0.15) is 5.75 Å². The van der Waals surface area contributed by atoms with Crippen LogP contribution in [0.15, 0.2) is 53.0 Å². The quantitative estimate of drug-likeness (QED) is 0.807. The molecule has 0 bridgehead atoms. The second kappa shape index (κ2) is 7.99. The molecule has 2 aromatic carbocycles. The molecule has 0 radical (unpaired) electrons. The fourth-order valence-electron chi connectivity index (χ4n) is 2.26. The lowest BCUT2D eigenvalue weighted by Gasteiger charge is -2.18. The number of nitrogens with one attached hydrogen (secondary N) is 1. The molecule has 116 valence electrons. The van der Waals surface area contributed by atoms with E-state index in [-0.39, 0.29) is 11.9 Å². The van der Waals surface area contributed by atoms with Crippen LogP contribution in [0.4, 0.5) is 0 Å². The highest BCUT2D eigenvalue weighted by atomic mass is 79.9. The van der Waals surface area contributed by atoms with Crippen LogP contribution < -0.4 is 10.1 Å². The van der Waals surface area contributed by atoms with E-state index in [1.54, 1.807) is 12.1 Å². The van der Waals surface area contributed by atoms with Crippen molar-refractivity contribution in [3.63, 3.8) is 0 Å². The molecule has 0 saturated heterocycles.